The number of barbiturate groups is 1. The van der Waals surface area contributed by atoms with E-state index in [1.807, 2.05) is 11.8 Å². The first-order chi connectivity index (χ1) is 9.13. The molecular formula is C13H18N2O3S. The summed E-state index contributed by atoms with van der Waals surface area (Å²) in [7, 11) is 0. The third-order valence-electron chi connectivity index (χ3n) is 4.42. The Bertz CT molecular complexity index is 426. The van der Waals surface area contributed by atoms with E-state index in [9.17, 15) is 14.4 Å². The fourth-order valence-corrected chi connectivity index (χ4v) is 4.56. The fourth-order valence-electron chi connectivity index (χ4n) is 3.31. The van der Waals surface area contributed by atoms with Crippen molar-refractivity contribution in [1.29, 1.82) is 0 Å². The maximum Gasteiger partial charge on any atom is 0.330 e. The molecule has 2 heterocycles. The van der Waals surface area contributed by atoms with Gasteiger partial charge in [0, 0.05) is 11.8 Å². The van der Waals surface area contributed by atoms with Crippen LogP contribution >= 0.6 is 11.8 Å². The van der Waals surface area contributed by atoms with Gasteiger partial charge < -0.3 is 0 Å². The Morgan fingerprint density at radius 3 is 2.58 bits per heavy atom. The van der Waals surface area contributed by atoms with Crippen LogP contribution in [0.3, 0.4) is 0 Å². The Hall–Kier alpha value is -1.04. The molecule has 0 aromatic rings. The van der Waals surface area contributed by atoms with Gasteiger partial charge in [-0.3, -0.25) is 19.8 Å². The summed E-state index contributed by atoms with van der Waals surface area (Å²) >= 11 is 1.81. The van der Waals surface area contributed by atoms with Crippen LogP contribution in [0.15, 0.2) is 0 Å². The Kier molecular flexibility index (Phi) is 3.28. The van der Waals surface area contributed by atoms with Crippen molar-refractivity contribution in [3.63, 3.8) is 0 Å². The van der Waals surface area contributed by atoms with Crippen LogP contribution in [0.25, 0.3) is 0 Å². The number of hydrogen-bond acceptors (Lipinski definition) is 4. The van der Waals surface area contributed by atoms with Crippen molar-refractivity contribution < 1.29 is 14.4 Å². The molecule has 0 radical (unpaired) electrons. The molecule has 1 unspecified atom stereocenters. The van der Waals surface area contributed by atoms with Crippen molar-refractivity contribution in [1.82, 2.24) is 10.2 Å². The number of carbonyl (C=O) groups excluding carboxylic acids is 3. The molecule has 0 bridgehead atoms. The maximum atomic E-state index is 12.6. The predicted molar refractivity (Wildman–Crippen MR) is 71.6 cm³/mol. The Balaban J connectivity index is 1.80. The lowest BCUT2D eigenvalue weighted by molar-refractivity contribution is -0.151. The van der Waals surface area contributed by atoms with E-state index in [-0.39, 0.29) is 11.8 Å². The number of thioether (sulfide) groups is 1. The molecule has 1 aliphatic carbocycles. The van der Waals surface area contributed by atoms with Crippen LogP contribution in [0.5, 0.6) is 0 Å². The number of nitrogens with one attached hydrogen (secondary N) is 1. The predicted octanol–water partition coefficient (Wildman–Crippen LogP) is 1.52. The molecule has 4 amide bonds. The molecule has 2 saturated heterocycles. The lowest BCUT2D eigenvalue weighted by Crippen LogP contribution is -2.63. The summed E-state index contributed by atoms with van der Waals surface area (Å²) in [6.45, 7) is 0.449. The van der Waals surface area contributed by atoms with E-state index >= 15 is 0 Å². The van der Waals surface area contributed by atoms with Gasteiger partial charge in [0.2, 0.25) is 11.8 Å². The quantitative estimate of drug-likeness (QED) is 0.780. The highest BCUT2D eigenvalue weighted by Crippen LogP contribution is 2.42. The van der Waals surface area contributed by atoms with Gasteiger partial charge in [0.15, 0.2) is 0 Å². The molecule has 1 saturated carbocycles. The van der Waals surface area contributed by atoms with Gasteiger partial charge in [-0.15, -0.1) is 0 Å². The van der Waals surface area contributed by atoms with Gasteiger partial charge in [-0.25, -0.2) is 4.79 Å². The van der Waals surface area contributed by atoms with Crippen molar-refractivity contribution in [3.8, 4) is 0 Å². The monoisotopic (exact) mass is 282 g/mol. The number of nitrogens with zero attached hydrogens (tertiary/aromatic N) is 1. The van der Waals surface area contributed by atoms with Crippen LogP contribution in [-0.2, 0) is 9.59 Å². The number of urea groups is 1. The highest BCUT2D eigenvalue weighted by atomic mass is 32.2. The van der Waals surface area contributed by atoms with Crippen LogP contribution in [-0.4, -0.2) is 40.3 Å². The molecule has 3 aliphatic rings. The molecule has 104 valence electrons. The molecule has 0 aromatic heterocycles. The molecule has 3 rings (SSSR count). The van der Waals surface area contributed by atoms with Gasteiger partial charge in [-0.05, 0) is 31.4 Å². The summed E-state index contributed by atoms with van der Waals surface area (Å²) in [5.74, 6) is 0.458. The highest BCUT2D eigenvalue weighted by Gasteiger charge is 2.55. The Labute approximate surface area is 116 Å². The minimum absolute atomic E-state index is 0.258. The van der Waals surface area contributed by atoms with E-state index in [0.717, 1.165) is 31.4 Å². The molecule has 1 atom stereocenters. The molecular weight excluding hydrogens is 264 g/mol. The van der Waals surface area contributed by atoms with E-state index in [2.05, 4.69) is 5.32 Å². The second kappa shape index (κ2) is 4.81. The normalized spacial score (nSPS) is 30.2. The number of rotatable bonds is 2. The van der Waals surface area contributed by atoms with Gasteiger partial charge >= 0.3 is 6.03 Å². The van der Waals surface area contributed by atoms with Crippen LogP contribution in [0.4, 0.5) is 4.79 Å². The summed E-state index contributed by atoms with van der Waals surface area (Å²) in [5.41, 5.74) is -0.947. The summed E-state index contributed by atoms with van der Waals surface area (Å²) in [6, 6.07) is -0.528. The number of amides is 4. The van der Waals surface area contributed by atoms with Gasteiger partial charge in [-0.1, -0.05) is 12.8 Å². The Morgan fingerprint density at radius 1 is 1.21 bits per heavy atom. The minimum Gasteiger partial charge on any atom is -0.277 e. The molecule has 5 nitrogen and oxygen atoms in total. The van der Waals surface area contributed by atoms with E-state index < -0.39 is 11.4 Å². The van der Waals surface area contributed by atoms with Crippen molar-refractivity contribution >= 4 is 29.6 Å². The molecule has 3 fully saturated rings. The third-order valence-corrected chi connectivity index (χ3v) is 5.80. The topological polar surface area (TPSA) is 66.5 Å². The van der Waals surface area contributed by atoms with E-state index in [1.54, 1.807) is 0 Å². The molecule has 2 aliphatic heterocycles. The summed E-state index contributed by atoms with van der Waals surface area (Å²) in [6.07, 6.45) is 5.13. The maximum absolute atomic E-state index is 12.6. The van der Waals surface area contributed by atoms with Crippen LogP contribution < -0.4 is 5.32 Å². The zero-order valence-corrected chi connectivity index (χ0v) is 11.6. The van der Waals surface area contributed by atoms with Gasteiger partial charge in [-0.2, -0.15) is 11.8 Å². The SMILES string of the molecule is O=C1NC(=O)C2(CCCC2)C(=O)N1CC1CCCS1. The zero-order valence-electron chi connectivity index (χ0n) is 10.8. The standard InChI is InChI=1S/C13H18N2O3S/c16-10-13(5-1-2-6-13)11(17)15(12(18)14-10)8-9-4-3-7-19-9/h9H,1-8H2,(H,14,16,18). The summed E-state index contributed by atoms with van der Waals surface area (Å²) < 4.78 is 0. The second-order valence-electron chi connectivity index (χ2n) is 5.60. The van der Waals surface area contributed by atoms with Gasteiger partial charge in [0.05, 0.1) is 0 Å². The summed E-state index contributed by atoms with van der Waals surface area (Å²) in [5, 5.41) is 2.72. The van der Waals surface area contributed by atoms with Crippen LogP contribution in [0.1, 0.15) is 38.5 Å². The van der Waals surface area contributed by atoms with Gasteiger partial charge in [0.25, 0.3) is 0 Å². The van der Waals surface area contributed by atoms with Gasteiger partial charge in [0.1, 0.15) is 5.41 Å². The molecule has 1 N–H and O–H groups in total. The first-order valence-electron chi connectivity index (χ1n) is 6.92. The number of carbonyl (C=O) groups is 3. The van der Waals surface area contributed by atoms with Crippen molar-refractivity contribution in [2.75, 3.05) is 12.3 Å². The average molecular weight is 282 g/mol. The van der Waals surface area contributed by atoms with E-state index in [4.69, 9.17) is 0 Å². The third kappa shape index (κ3) is 2.06. The van der Waals surface area contributed by atoms with Crippen LogP contribution in [0, 0.1) is 5.41 Å². The second-order valence-corrected chi connectivity index (χ2v) is 7.01. The van der Waals surface area contributed by atoms with Crippen LogP contribution in [0.2, 0.25) is 0 Å². The van der Waals surface area contributed by atoms with Crippen molar-refractivity contribution in [2.45, 2.75) is 43.8 Å². The van der Waals surface area contributed by atoms with E-state index in [1.165, 1.54) is 4.90 Å². The fraction of sp³-hybridized carbons (Fsp3) is 0.769. The smallest absolute Gasteiger partial charge is 0.277 e. The lowest BCUT2D eigenvalue weighted by Gasteiger charge is -2.37. The highest BCUT2D eigenvalue weighted by molar-refractivity contribution is 8.00. The summed E-state index contributed by atoms with van der Waals surface area (Å²) in [4.78, 5) is 37.8. The Morgan fingerprint density at radius 2 is 1.95 bits per heavy atom. The molecule has 19 heavy (non-hydrogen) atoms. The largest absolute Gasteiger partial charge is 0.330 e. The number of imide groups is 2. The minimum atomic E-state index is -0.947. The van der Waals surface area contributed by atoms with Crippen molar-refractivity contribution in [3.05, 3.63) is 0 Å². The molecule has 1 spiro atoms. The lowest BCUT2D eigenvalue weighted by atomic mass is 9.82. The first kappa shape index (κ1) is 13.0. The molecule has 6 heteroatoms. The first-order valence-corrected chi connectivity index (χ1v) is 7.97. The molecule has 0 aromatic carbocycles. The van der Waals surface area contributed by atoms with Crippen molar-refractivity contribution in [2.24, 2.45) is 5.41 Å². The number of hydrogen-bond donors (Lipinski definition) is 1. The zero-order chi connectivity index (χ0) is 13.5. The average Bonchev–Trinajstić information content (AvgIpc) is 3.05. The van der Waals surface area contributed by atoms with E-state index in [0.29, 0.717) is 24.6 Å².